The normalized spacial score (nSPS) is 11.0. The first-order valence-electron chi connectivity index (χ1n) is 4.12. The van der Waals surface area contributed by atoms with E-state index < -0.39 is 7.26 Å². The average molecular weight is 266 g/mol. The van der Waals surface area contributed by atoms with Gasteiger partial charge in [0.2, 0.25) is 0 Å². The Hall–Kier alpha value is 0.0900. The first-order valence-corrected chi connectivity index (χ1v) is 7.82. The SMILES string of the molecule is Br.C[PH](C)(C)Cc1ccccc1.N. The van der Waals surface area contributed by atoms with E-state index in [2.05, 4.69) is 50.3 Å². The Kier molecular flexibility index (Phi) is 7.81. The van der Waals surface area contributed by atoms with Gasteiger partial charge >= 0.3 is 69.3 Å². The zero-order chi connectivity index (χ0) is 8.32. The molecule has 78 valence electrons. The number of benzene rings is 1. The van der Waals surface area contributed by atoms with E-state index >= 15 is 0 Å². The Morgan fingerprint density at radius 3 is 1.85 bits per heavy atom. The van der Waals surface area contributed by atoms with Crippen molar-refractivity contribution >= 4 is 24.2 Å². The standard InChI is InChI=1S/C10H17P.BrH.H3N/c1-11(2,3)9-10-7-5-4-6-8-10;;/h4-8,11H,9H2,1-3H3;1H;1H3. The van der Waals surface area contributed by atoms with Crippen LogP contribution < -0.4 is 6.15 Å². The van der Waals surface area contributed by atoms with Gasteiger partial charge in [0.25, 0.3) is 0 Å². The molecule has 3 heteroatoms. The van der Waals surface area contributed by atoms with Crippen molar-refractivity contribution in [3.8, 4) is 0 Å². The van der Waals surface area contributed by atoms with Gasteiger partial charge in [0.15, 0.2) is 0 Å². The van der Waals surface area contributed by atoms with Crippen LogP contribution in [0.1, 0.15) is 5.56 Å². The summed E-state index contributed by atoms with van der Waals surface area (Å²) >= 11 is 0. The number of hydrogen-bond donors (Lipinski definition) is 1. The predicted octanol–water partition coefficient (Wildman–Crippen LogP) is 3.57. The van der Waals surface area contributed by atoms with Crippen LogP contribution in [0.2, 0.25) is 0 Å². The molecule has 0 aliphatic rings. The summed E-state index contributed by atoms with van der Waals surface area (Å²) in [5.74, 6) is 0. The van der Waals surface area contributed by atoms with Crippen LogP contribution in [0, 0.1) is 0 Å². The van der Waals surface area contributed by atoms with Crippen molar-refractivity contribution in [2.45, 2.75) is 6.16 Å². The van der Waals surface area contributed by atoms with Gasteiger partial charge in [-0.15, -0.1) is 17.0 Å². The molecule has 1 rings (SSSR count). The molecule has 0 aliphatic heterocycles. The molecule has 1 aromatic carbocycles. The third kappa shape index (κ3) is 7.18. The molecule has 0 amide bonds. The van der Waals surface area contributed by atoms with Gasteiger partial charge in [-0.2, -0.15) is 0 Å². The molecule has 0 saturated carbocycles. The second-order valence-electron chi connectivity index (χ2n) is 4.22. The molecule has 0 atom stereocenters. The van der Waals surface area contributed by atoms with Crippen LogP contribution in [0.4, 0.5) is 0 Å². The van der Waals surface area contributed by atoms with Crippen LogP contribution in [-0.2, 0) is 6.16 Å². The van der Waals surface area contributed by atoms with Crippen molar-refractivity contribution in [2.75, 3.05) is 20.0 Å². The van der Waals surface area contributed by atoms with E-state index in [9.17, 15) is 0 Å². The molecular weight excluding hydrogens is 245 g/mol. The summed E-state index contributed by atoms with van der Waals surface area (Å²) < 4.78 is 0. The molecule has 0 spiro atoms. The van der Waals surface area contributed by atoms with Gasteiger partial charge in [-0.1, -0.05) is 0 Å². The predicted molar refractivity (Wildman–Crippen MR) is 71.6 cm³/mol. The van der Waals surface area contributed by atoms with E-state index in [-0.39, 0.29) is 23.1 Å². The summed E-state index contributed by atoms with van der Waals surface area (Å²) in [6, 6.07) is 10.8. The quantitative estimate of drug-likeness (QED) is 0.816. The number of rotatable bonds is 2. The smallest absolute Gasteiger partial charge is 0.344 e. The minimum absolute atomic E-state index is 0. The molecule has 0 fully saturated rings. The molecule has 1 aromatic rings. The van der Waals surface area contributed by atoms with Crippen LogP contribution in [0.15, 0.2) is 30.3 Å². The van der Waals surface area contributed by atoms with Crippen molar-refractivity contribution < 1.29 is 0 Å². The molecule has 1 nitrogen and oxygen atoms in total. The maximum absolute atomic E-state index is 2.40. The molecule has 0 radical (unpaired) electrons. The van der Waals surface area contributed by atoms with E-state index in [1.54, 1.807) is 0 Å². The van der Waals surface area contributed by atoms with Gasteiger partial charge in [-0.05, 0) is 0 Å². The van der Waals surface area contributed by atoms with Crippen molar-refractivity contribution in [3.05, 3.63) is 35.9 Å². The van der Waals surface area contributed by atoms with Crippen LogP contribution >= 0.6 is 24.2 Å². The van der Waals surface area contributed by atoms with Crippen molar-refractivity contribution in [1.29, 1.82) is 0 Å². The monoisotopic (exact) mass is 265 g/mol. The largest absolute Gasteiger partial charge is 0.344 e. The minimum atomic E-state index is -0.898. The van der Waals surface area contributed by atoms with Gasteiger partial charge in [-0.25, -0.2) is 0 Å². The van der Waals surface area contributed by atoms with E-state index in [0.717, 1.165) is 0 Å². The fourth-order valence-corrected chi connectivity index (χ4v) is 2.67. The van der Waals surface area contributed by atoms with Gasteiger partial charge in [0, 0.05) is 0 Å². The molecule has 0 unspecified atom stereocenters. The van der Waals surface area contributed by atoms with Crippen LogP contribution in [0.25, 0.3) is 0 Å². The maximum atomic E-state index is 2.40. The first kappa shape index (κ1) is 15.6. The Labute approximate surface area is 92.6 Å². The third-order valence-corrected chi connectivity index (χ3v) is 3.05. The van der Waals surface area contributed by atoms with E-state index in [1.807, 2.05) is 0 Å². The Morgan fingerprint density at radius 1 is 1.00 bits per heavy atom. The zero-order valence-electron chi connectivity index (χ0n) is 8.71. The molecule has 0 aromatic heterocycles. The van der Waals surface area contributed by atoms with Crippen molar-refractivity contribution in [2.24, 2.45) is 0 Å². The Morgan fingerprint density at radius 2 is 1.46 bits per heavy atom. The fourth-order valence-electron chi connectivity index (χ4n) is 1.21. The van der Waals surface area contributed by atoms with Gasteiger partial charge in [0.1, 0.15) is 0 Å². The third-order valence-electron chi connectivity index (χ3n) is 1.58. The molecule has 0 aliphatic carbocycles. The Balaban J connectivity index is 0. The summed E-state index contributed by atoms with van der Waals surface area (Å²) in [4.78, 5) is 0. The number of hydrogen-bond acceptors (Lipinski definition) is 1. The summed E-state index contributed by atoms with van der Waals surface area (Å²) in [5, 5.41) is 0. The van der Waals surface area contributed by atoms with E-state index in [4.69, 9.17) is 0 Å². The number of halogens is 1. The topological polar surface area (TPSA) is 35.0 Å². The van der Waals surface area contributed by atoms with Crippen molar-refractivity contribution in [1.82, 2.24) is 6.15 Å². The second-order valence-corrected chi connectivity index (χ2v) is 9.70. The van der Waals surface area contributed by atoms with E-state index in [1.165, 1.54) is 11.7 Å². The van der Waals surface area contributed by atoms with Crippen LogP contribution in [-0.4, -0.2) is 20.0 Å². The Bertz CT molecular complexity index is 218. The molecule has 0 bridgehead atoms. The summed E-state index contributed by atoms with van der Waals surface area (Å²) in [5.41, 5.74) is 1.49. The molecule has 0 saturated heterocycles. The molecule has 0 heterocycles. The van der Waals surface area contributed by atoms with Gasteiger partial charge < -0.3 is 6.15 Å². The van der Waals surface area contributed by atoms with Crippen LogP contribution in [0.3, 0.4) is 0 Å². The van der Waals surface area contributed by atoms with Gasteiger partial charge in [-0.3, -0.25) is 0 Å². The van der Waals surface area contributed by atoms with Gasteiger partial charge in [0.05, 0.1) is 0 Å². The van der Waals surface area contributed by atoms with Crippen molar-refractivity contribution in [3.63, 3.8) is 0 Å². The summed E-state index contributed by atoms with van der Waals surface area (Å²) in [6.07, 6.45) is 1.30. The summed E-state index contributed by atoms with van der Waals surface area (Å²) in [6.45, 7) is 7.21. The molecule has 13 heavy (non-hydrogen) atoms. The maximum Gasteiger partial charge on any atom is -0.344 e. The van der Waals surface area contributed by atoms with E-state index in [0.29, 0.717) is 0 Å². The average Bonchev–Trinajstić information content (AvgIpc) is 1.85. The zero-order valence-corrected chi connectivity index (χ0v) is 11.4. The fraction of sp³-hybridized carbons (Fsp3) is 0.400. The summed E-state index contributed by atoms with van der Waals surface area (Å²) in [7, 11) is -0.898. The molecule has 3 N–H and O–H groups in total. The molecular formula is C10H21BrNP. The van der Waals surface area contributed by atoms with Crippen LogP contribution in [0.5, 0.6) is 0 Å². The first-order chi connectivity index (χ1) is 5.08. The minimum Gasteiger partial charge on any atom is -0.344 e. The second kappa shape index (κ2) is 6.53.